The van der Waals surface area contributed by atoms with Gasteiger partial charge in [-0.3, -0.25) is 14.7 Å². The van der Waals surface area contributed by atoms with Crippen molar-refractivity contribution in [1.82, 2.24) is 9.91 Å². The summed E-state index contributed by atoms with van der Waals surface area (Å²) in [4.78, 5) is 39.6. The van der Waals surface area contributed by atoms with Gasteiger partial charge in [0.05, 0.1) is 17.2 Å². The fraction of sp³-hybridized carbons (Fsp3) is 0.240. The van der Waals surface area contributed by atoms with Crippen LogP contribution >= 0.6 is 35.6 Å². The van der Waals surface area contributed by atoms with Gasteiger partial charge in [0.15, 0.2) is 6.04 Å². The summed E-state index contributed by atoms with van der Waals surface area (Å²) in [5.41, 5.74) is 2.13. The van der Waals surface area contributed by atoms with Crippen LogP contribution in [-0.2, 0) is 25.5 Å². The van der Waals surface area contributed by atoms with Crippen molar-refractivity contribution in [3.8, 4) is 0 Å². The Morgan fingerprint density at radius 1 is 1.25 bits per heavy atom. The largest absolute Gasteiger partial charge is 0.480 e. The minimum atomic E-state index is -1.08. The van der Waals surface area contributed by atoms with E-state index in [1.807, 2.05) is 30.3 Å². The summed E-state index contributed by atoms with van der Waals surface area (Å²) in [7, 11) is 0. The fourth-order valence-electron chi connectivity index (χ4n) is 3.88. The molecule has 2 atom stereocenters. The van der Waals surface area contributed by atoms with E-state index in [9.17, 15) is 19.5 Å². The van der Waals surface area contributed by atoms with Gasteiger partial charge in [-0.1, -0.05) is 78.0 Å². The molecule has 0 unspecified atom stereocenters. The molecule has 0 aliphatic carbocycles. The lowest BCUT2D eigenvalue weighted by Crippen LogP contribution is -2.46. The van der Waals surface area contributed by atoms with E-state index in [2.05, 4.69) is 5.10 Å². The van der Waals surface area contributed by atoms with E-state index in [4.69, 9.17) is 28.6 Å². The first-order valence-corrected chi connectivity index (χ1v) is 12.7. The number of carboxylic acids is 1. The van der Waals surface area contributed by atoms with E-state index in [-0.39, 0.29) is 28.7 Å². The number of carbonyl (C=O) groups excluding carboxylic acids is 2. The quantitative estimate of drug-likeness (QED) is 0.302. The Morgan fingerprint density at radius 3 is 2.58 bits per heavy atom. The number of benzene rings is 2. The third-order valence-electron chi connectivity index (χ3n) is 5.62. The number of nitrogens with zero attached hydrogens (tertiary/aromatic N) is 3. The number of amides is 1. The Bertz CT molecular complexity index is 1250. The van der Waals surface area contributed by atoms with E-state index in [1.54, 1.807) is 31.2 Å². The number of hydrogen-bond donors (Lipinski definition) is 1. The number of thioether (sulfide) groups is 1. The predicted octanol–water partition coefficient (Wildman–Crippen LogP) is 4.08. The van der Waals surface area contributed by atoms with Crippen LogP contribution in [0.3, 0.4) is 0 Å². The Kier molecular flexibility index (Phi) is 8.07. The molecule has 4 rings (SSSR count). The maximum absolute atomic E-state index is 13.4. The molecule has 186 valence electrons. The SMILES string of the molecule is CCOC(=O)[C@H](Cc1ccccc1)N1C(=O)/C(=C/N2N=C(c3ccc(Cl)cc3)C[C@@H]2C(=O)O)SC1=S. The summed E-state index contributed by atoms with van der Waals surface area (Å²) in [6.45, 7) is 1.85. The minimum absolute atomic E-state index is 0.146. The second-order valence-electron chi connectivity index (χ2n) is 7.99. The maximum atomic E-state index is 13.4. The van der Waals surface area contributed by atoms with E-state index in [0.29, 0.717) is 10.7 Å². The van der Waals surface area contributed by atoms with Crippen LogP contribution in [-0.4, -0.2) is 61.6 Å². The Hall–Kier alpha value is -3.21. The van der Waals surface area contributed by atoms with Gasteiger partial charge in [0, 0.05) is 24.1 Å². The molecule has 2 aliphatic heterocycles. The third-order valence-corrected chi connectivity index (χ3v) is 7.19. The standard InChI is InChI=1S/C25H22ClN3O5S2/c1-2-34-24(33)20(12-15-6-4-3-5-7-15)29-22(30)21(36-25(29)35)14-28-19(23(31)32)13-18(27-28)16-8-10-17(26)11-9-16/h3-11,14,19-20H,2,12-13H2,1H3,(H,31,32)/b21-14-/t19-,20+/m1/s1. The summed E-state index contributed by atoms with van der Waals surface area (Å²) in [6.07, 6.45) is 1.75. The molecule has 0 aromatic heterocycles. The Balaban J connectivity index is 1.62. The molecule has 1 amide bonds. The Labute approximate surface area is 222 Å². The molecule has 2 aromatic rings. The molecule has 1 saturated heterocycles. The van der Waals surface area contributed by atoms with Crippen molar-refractivity contribution in [3.63, 3.8) is 0 Å². The van der Waals surface area contributed by atoms with Gasteiger partial charge < -0.3 is 9.84 Å². The molecule has 0 saturated carbocycles. The highest BCUT2D eigenvalue weighted by Gasteiger charge is 2.42. The molecule has 2 aromatic carbocycles. The molecular weight excluding hydrogens is 522 g/mol. The van der Waals surface area contributed by atoms with Crippen LogP contribution < -0.4 is 0 Å². The van der Waals surface area contributed by atoms with E-state index in [1.165, 1.54) is 16.1 Å². The summed E-state index contributed by atoms with van der Waals surface area (Å²) in [5.74, 6) is -2.15. The summed E-state index contributed by atoms with van der Waals surface area (Å²) in [5, 5.41) is 16.0. The number of thiocarbonyl (C=S) groups is 1. The molecule has 0 spiro atoms. The molecule has 0 bridgehead atoms. The van der Waals surface area contributed by atoms with E-state index >= 15 is 0 Å². The Morgan fingerprint density at radius 2 is 1.94 bits per heavy atom. The topological polar surface area (TPSA) is 99.5 Å². The second-order valence-corrected chi connectivity index (χ2v) is 10.1. The van der Waals surface area contributed by atoms with Crippen LogP contribution in [0.1, 0.15) is 24.5 Å². The van der Waals surface area contributed by atoms with Crippen molar-refractivity contribution in [2.45, 2.75) is 31.8 Å². The lowest BCUT2D eigenvalue weighted by molar-refractivity contribution is -0.150. The molecule has 1 fully saturated rings. The summed E-state index contributed by atoms with van der Waals surface area (Å²) >= 11 is 12.4. The van der Waals surface area contributed by atoms with Gasteiger partial charge in [-0.05, 0) is 30.2 Å². The summed E-state index contributed by atoms with van der Waals surface area (Å²) in [6, 6.07) is 14.2. The molecule has 2 heterocycles. The maximum Gasteiger partial charge on any atom is 0.329 e. The highest BCUT2D eigenvalue weighted by molar-refractivity contribution is 8.26. The monoisotopic (exact) mass is 543 g/mol. The highest BCUT2D eigenvalue weighted by atomic mass is 35.5. The minimum Gasteiger partial charge on any atom is -0.480 e. The van der Waals surface area contributed by atoms with Crippen LogP contribution in [0.4, 0.5) is 0 Å². The van der Waals surface area contributed by atoms with Crippen molar-refractivity contribution in [2.24, 2.45) is 5.10 Å². The van der Waals surface area contributed by atoms with Crippen molar-refractivity contribution < 1.29 is 24.2 Å². The van der Waals surface area contributed by atoms with Crippen molar-refractivity contribution in [1.29, 1.82) is 0 Å². The number of carboxylic acid groups (broad SMARTS) is 1. The summed E-state index contributed by atoms with van der Waals surface area (Å²) < 4.78 is 5.42. The normalized spacial score (nSPS) is 19.6. The lowest BCUT2D eigenvalue weighted by atomic mass is 10.0. The average Bonchev–Trinajstić information content (AvgIpc) is 3.40. The predicted molar refractivity (Wildman–Crippen MR) is 142 cm³/mol. The van der Waals surface area contributed by atoms with Crippen LogP contribution in [0.15, 0.2) is 70.8 Å². The first-order valence-electron chi connectivity index (χ1n) is 11.1. The number of rotatable bonds is 8. The molecule has 8 nitrogen and oxygen atoms in total. The smallest absolute Gasteiger partial charge is 0.329 e. The number of hydrogen-bond acceptors (Lipinski definition) is 8. The highest BCUT2D eigenvalue weighted by Crippen LogP contribution is 2.35. The first kappa shape index (κ1) is 25.9. The molecule has 36 heavy (non-hydrogen) atoms. The van der Waals surface area contributed by atoms with Crippen LogP contribution in [0.25, 0.3) is 0 Å². The number of halogens is 1. The van der Waals surface area contributed by atoms with Gasteiger partial charge in [-0.25, -0.2) is 9.59 Å². The van der Waals surface area contributed by atoms with E-state index in [0.717, 1.165) is 22.9 Å². The van der Waals surface area contributed by atoms with Crippen LogP contribution in [0.2, 0.25) is 5.02 Å². The zero-order valence-electron chi connectivity index (χ0n) is 19.2. The zero-order valence-corrected chi connectivity index (χ0v) is 21.6. The number of ether oxygens (including phenoxy) is 1. The van der Waals surface area contributed by atoms with Crippen LogP contribution in [0, 0.1) is 0 Å². The number of aliphatic carboxylic acids is 1. The zero-order chi connectivity index (χ0) is 25.8. The van der Waals surface area contributed by atoms with Crippen molar-refractivity contribution in [2.75, 3.05) is 6.61 Å². The molecule has 11 heteroatoms. The van der Waals surface area contributed by atoms with Crippen LogP contribution in [0.5, 0.6) is 0 Å². The first-order chi connectivity index (χ1) is 17.3. The molecule has 1 N–H and O–H groups in total. The van der Waals surface area contributed by atoms with Gasteiger partial charge in [0.2, 0.25) is 0 Å². The van der Waals surface area contributed by atoms with Gasteiger partial charge in [-0.2, -0.15) is 5.10 Å². The second kappa shape index (κ2) is 11.2. The molecule has 0 radical (unpaired) electrons. The third kappa shape index (κ3) is 5.61. The van der Waals surface area contributed by atoms with Crippen molar-refractivity contribution in [3.05, 3.63) is 81.9 Å². The van der Waals surface area contributed by atoms with E-state index < -0.39 is 29.9 Å². The molecular formula is C25H22ClN3O5S2. The average molecular weight is 544 g/mol. The number of carbonyl (C=O) groups is 3. The number of hydrazone groups is 1. The molecule has 2 aliphatic rings. The van der Waals surface area contributed by atoms with Gasteiger partial charge in [0.1, 0.15) is 10.4 Å². The van der Waals surface area contributed by atoms with Gasteiger partial charge >= 0.3 is 11.9 Å². The lowest BCUT2D eigenvalue weighted by Gasteiger charge is -2.25. The fourth-order valence-corrected chi connectivity index (χ4v) is 5.33. The number of esters is 1. The van der Waals surface area contributed by atoms with Gasteiger partial charge in [0.25, 0.3) is 5.91 Å². The van der Waals surface area contributed by atoms with Crippen molar-refractivity contribution >= 4 is 63.5 Å². The van der Waals surface area contributed by atoms with Gasteiger partial charge in [-0.15, -0.1) is 0 Å².